The zero-order valence-electron chi connectivity index (χ0n) is 17.7. The lowest BCUT2D eigenvalue weighted by molar-refractivity contribution is -0.139. The maximum absolute atomic E-state index is 12.9. The number of carbonyl (C=O) groups excluding carboxylic acids is 2. The van der Waals surface area contributed by atoms with Crippen LogP contribution in [-0.2, 0) is 9.59 Å². The molecule has 1 saturated heterocycles. The largest absolute Gasteiger partial charge is 0.507 e. The molecule has 32 heavy (non-hydrogen) atoms. The quantitative estimate of drug-likeness (QED) is 0.261. The highest BCUT2D eigenvalue weighted by Crippen LogP contribution is 2.39. The number of rotatable bonds is 10. The van der Waals surface area contributed by atoms with E-state index >= 15 is 0 Å². The minimum Gasteiger partial charge on any atom is -0.507 e. The molecule has 1 aliphatic rings. The molecule has 1 atom stereocenters. The van der Waals surface area contributed by atoms with Gasteiger partial charge in [-0.1, -0.05) is 43.5 Å². The Morgan fingerprint density at radius 1 is 0.875 bits per heavy atom. The van der Waals surface area contributed by atoms with Gasteiger partial charge in [0.15, 0.2) is 0 Å². The molecule has 0 radical (unpaired) electrons. The van der Waals surface area contributed by atoms with Crippen molar-refractivity contribution in [3.05, 3.63) is 103 Å². The fraction of sp³-hybridized carbons (Fsp3) is 0.154. The zero-order chi connectivity index (χ0) is 23.1. The molecule has 2 aromatic carbocycles. The van der Waals surface area contributed by atoms with E-state index in [1.807, 2.05) is 0 Å². The molecule has 0 saturated carbocycles. The molecule has 3 rings (SSSR count). The number of aliphatic hydroxyl groups is 1. The van der Waals surface area contributed by atoms with Crippen LogP contribution in [0.5, 0.6) is 11.5 Å². The van der Waals surface area contributed by atoms with Crippen LogP contribution in [0.3, 0.4) is 0 Å². The van der Waals surface area contributed by atoms with Crippen molar-refractivity contribution in [2.75, 3.05) is 19.8 Å². The number of amides is 1. The van der Waals surface area contributed by atoms with Gasteiger partial charge in [0.1, 0.15) is 30.5 Å². The molecule has 0 spiro atoms. The lowest BCUT2D eigenvalue weighted by atomic mass is 9.95. The van der Waals surface area contributed by atoms with Gasteiger partial charge in [-0.05, 0) is 42.0 Å². The zero-order valence-corrected chi connectivity index (χ0v) is 17.7. The second-order valence-corrected chi connectivity index (χ2v) is 7.03. The number of ketones is 1. The van der Waals surface area contributed by atoms with Crippen LogP contribution >= 0.6 is 0 Å². The van der Waals surface area contributed by atoms with Crippen molar-refractivity contribution in [2.45, 2.75) is 6.04 Å². The van der Waals surface area contributed by atoms with Gasteiger partial charge in [-0.15, -0.1) is 6.58 Å². The van der Waals surface area contributed by atoms with Crippen molar-refractivity contribution in [3.63, 3.8) is 0 Å². The normalized spacial score (nSPS) is 17.1. The number of hydrogen-bond acceptors (Lipinski definition) is 5. The number of benzene rings is 2. The third-order valence-electron chi connectivity index (χ3n) is 4.93. The van der Waals surface area contributed by atoms with Crippen LogP contribution in [0.25, 0.3) is 5.76 Å². The molecule has 1 amide bonds. The third-order valence-corrected chi connectivity index (χ3v) is 4.93. The summed E-state index contributed by atoms with van der Waals surface area (Å²) >= 11 is 0. The fourth-order valence-corrected chi connectivity index (χ4v) is 3.48. The highest BCUT2D eigenvalue weighted by atomic mass is 16.5. The van der Waals surface area contributed by atoms with E-state index in [-0.39, 0.29) is 17.9 Å². The van der Waals surface area contributed by atoms with Crippen molar-refractivity contribution in [1.29, 1.82) is 0 Å². The monoisotopic (exact) mass is 431 g/mol. The second-order valence-electron chi connectivity index (χ2n) is 7.03. The highest BCUT2D eigenvalue weighted by Gasteiger charge is 2.45. The van der Waals surface area contributed by atoms with E-state index in [0.29, 0.717) is 35.8 Å². The van der Waals surface area contributed by atoms with E-state index in [4.69, 9.17) is 9.47 Å². The molecule has 0 aromatic heterocycles. The maximum Gasteiger partial charge on any atom is 0.295 e. The first-order valence-corrected chi connectivity index (χ1v) is 10.1. The average Bonchev–Trinajstić information content (AvgIpc) is 3.07. The van der Waals surface area contributed by atoms with E-state index < -0.39 is 17.7 Å². The van der Waals surface area contributed by atoms with Crippen molar-refractivity contribution < 1.29 is 24.2 Å². The molecule has 6 nitrogen and oxygen atoms in total. The number of carbonyl (C=O) groups is 2. The number of Topliss-reactive ketones (excluding diaryl/α,β-unsaturated/α-hetero) is 1. The summed E-state index contributed by atoms with van der Waals surface area (Å²) in [6.07, 6.45) is 4.81. The predicted molar refractivity (Wildman–Crippen MR) is 123 cm³/mol. The summed E-state index contributed by atoms with van der Waals surface area (Å²) in [6.45, 7) is 11.8. The van der Waals surface area contributed by atoms with Crippen LogP contribution in [0.4, 0.5) is 0 Å². The Kier molecular flexibility index (Phi) is 7.29. The molecule has 1 heterocycles. The maximum atomic E-state index is 12.9. The number of nitrogens with zero attached hydrogens (tertiary/aromatic N) is 1. The minimum atomic E-state index is -0.752. The minimum absolute atomic E-state index is 0.0244. The van der Waals surface area contributed by atoms with Crippen LogP contribution in [0.15, 0.2) is 92.1 Å². The second kappa shape index (κ2) is 10.3. The summed E-state index contributed by atoms with van der Waals surface area (Å²) in [6, 6.07) is 12.9. The Labute approximate surface area is 187 Å². The fourth-order valence-electron chi connectivity index (χ4n) is 3.48. The summed E-state index contributed by atoms with van der Waals surface area (Å²) in [5.74, 6) is -0.450. The lowest BCUT2D eigenvalue weighted by Crippen LogP contribution is -2.29. The molecule has 0 bridgehead atoms. The predicted octanol–water partition coefficient (Wildman–Crippen LogP) is 4.42. The molecule has 1 N–H and O–H groups in total. The third kappa shape index (κ3) is 4.64. The first-order valence-electron chi connectivity index (χ1n) is 10.1. The Bertz CT molecular complexity index is 1050. The van der Waals surface area contributed by atoms with Crippen LogP contribution in [0, 0.1) is 0 Å². The van der Waals surface area contributed by atoms with Gasteiger partial charge in [-0.2, -0.15) is 0 Å². The van der Waals surface area contributed by atoms with Crippen LogP contribution in [0.1, 0.15) is 17.2 Å². The number of aliphatic hydroxyl groups excluding tert-OH is 1. The topological polar surface area (TPSA) is 76.1 Å². The van der Waals surface area contributed by atoms with Gasteiger partial charge in [0.25, 0.3) is 11.7 Å². The standard InChI is InChI=1S/C26H25NO5/c1-4-15-27-23(18-7-11-20(12-8-18)31-16-5-2)22(25(29)26(27)30)24(28)19-9-13-21(14-10-19)32-17-6-3/h4-14,23,28H,1-3,15-17H2/b24-22-. The van der Waals surface area contributed by atoms with E-state index in [1.165, 1.54) is 4.90 Å². The molecular weight excluding hydrogens is 406 g/mol. The molecule has 2 aromatic rings. The highest BCUT2D eigenvalue weighted by molar-refractivity contribution is 6.46. The summed E-state index contributed by atoms with van der Waals surface area (Å²) in [7, 11) is 0. The van der Waals surface area contributed by atoms with E-state index in [1.54, 1.807) is 66.8 Å². The summed E-state index contributed by atoms with van der Waals surface area (Å²) in [5.41, 5.74) is 1.10. The van der Waals surface area contributed by atoms with Crippen molar-refractivity contribution >= 4 is 17.4 Å². The van der Waals surface area contributed by atoms with E-state index in [9.17, 15) is 14.7 Å². The lowest BCUT2D eigenvalue weighted by Gasteiger charge is -2.24. The summed E-state index contributed by atoms with van der Waals surface area (Å²) in [5, 5.41) is 11.0. The summed E-state index contributed by atoms with van der Waals surface area (Å²) in [4.78, 5) is 27.0. The van der Waals surface area contributed by atoms with Gasteiger partial charge in [-0.3, -0.25) is 9.59 Å². The first-order chi connectivity index (χ1) is 15.5. The molecule has 164 valence electrons. The number of likely N-dealkylation sites (tertiary alicyclic amines) is 1. The van der Waals surface area contributed by atoms with Crippen molar-refractivity contribution in [2.24, 2.45) is 0 Å². The van der Waals surface area contributed by atoms with Crippen molar-refractivity contribution in [1.82, 2.24) is 4.90 Å². The van der Waals surface area contributed by atoms with Gasteiger partial charge >= 0.3 is 0 Å². The molecule has 0 aliphatic carbocycles. The smallest absolute Gasteiger partial charge is 0.295 e. The van der Waals surface area contributed by atoms with E-state index in [0.717, 1.165) is 0 Å². The number of hydrogen-bond donors (Lipinski definition) is 1. The van der Waals surface area contributed by atoms with Crippen LogP contribution < -0.4 is 9.47 Å². The Hall–Kier alpha value is -4.06. The molecular formula is C26H25NO5. The van der Waals surface area contributed by atoms with E-state index in [2.05, 4.69) is 19.7 Å². The van der Waals surface area contributed by atoms with Gasteiger partial charge in [0.05, 0.1) is 11.6 Å². The molecule has 1 aliphatic heterocycles. The van der Waals surface area contributed by atoms with Gasteiger partial charge in [0, 0.05) is 12.1 Å². The first kappa shape index (κ1) is 22.6. The van der Waals surface area contributed by atoms with Crippen LogP contribution in [-0.4, -0.2) is 41.5 Å². The summed E-state index contributed by atoms with van der Waals surface area (Å²) < 4.78 is 11.0. The Morgan fingerprint density at radius 2 is 1.41 bits per heavy atom. The Morgan fingerprint density at radius 3 is 1.91 bits per heavy atom. The van der Waals surface area contributed by atoms with Gasteiger partial charge < -0.3 is 19.5 Å². The van der Waals surface area contributed by atoms with Crippen molar-refractivity contribution in [3.8, 4) is 11.5 Å². The number of ether oxygens (including phenoxy) is 2. The average molecular weight is 431 g/mol. The van der Waals surface area contributed by atoms with Gasteiger partial charge in [0.2, 0.25) is 0 Å². The molecule has 6 heteroatoms. The van der Waals surface area contributed by atoms with Gasteiger partial charge in [-0.25, -0.2) is 0 Å². The molecule has 1 unspecified atom stereocenters. The SMILES string of the molecule is C=CCOc1ccc(/C(O)=C2/C(=O)C(=O)N(CC=C)C2c2ccc(OCC=C)cc2)cc1. The van der Waals surface area contributed by atoms with Crippen LogP contribution in [0.2, 0.25) is 0 Å². The Balaban J connectivity index is 2.03. The molecule has 1 fully saturated rings.